The van der Waals surface area contributed by atoms with E-state index < -0.39 is 0 Å². The van der Waals surface area contributed by atoms with Crippen LogP contribution in [0.1, 0.15) is 11.1 Å². The van der Waals surface area contributed by atoms with E-state index in [2.05, 4.69) is 86.0 Å². The van der Waals surface area contributed by atoms with Crippen LogP contribution in [0.4, 0.5) is 0 Å². The standard InChI is InChI=1S/2C12H11.Zr/c2*1-2-5-10-8-11-6-3-4-7-12(11)9-10;/h2*2-4,6-9H,1,5H2;/q2*-1;+2. The Morgan fingerprint density at radius 2 is 1.08 bits per heavy atom. The van der Waals surface area contributed by atoms with Crippen LogP contribution < -0.4 is 0 Å². The molecule has 0 unspecified atom stereocenters. The molecule has 0 saturated heterocycles. The van der Waals surface area contributed by atoms with Gasteiger partial charge in [0.25, 0.3) is 0 Å². The van der Waals surface area contributed by atoms with Crippen molar-refractivity contribution in [1.29, 1.82) is 0 Å². The molecule has 0 bridgehead atoms. The molecule has 122 valence electrons. The molecule has 4 aromatic rings. The van der Waals surface area contributed by atoms with E-state index in [1.54, 1.807) is 0 Å². The number of fused-ring (bicyclic) bond motifs is 2. The number of benzene rings is 2. The fourth-order valence-electron chi connectivity index (χ4n) is 3.00. The van der Waals surface area contributed by atoms with Gasteiger partial charge in [-0.05, 0) is 12.8 Å². The molecular formula is C24H22Zr. The SMILES string of the molecule is C=CCc1cc2ccccc2[cH-]1.C=CCc1cc2ccccc2[cH-]1.[Zr+2]. The molecule has 0 nitrogen and oxygen atoms in total. The Morgan fingerprint density at radius 1 is 0.680 bits per heavy atom. The van der Waals surface area contributed by atoms with Crippen molar-refractivity contribution >= 4 is 21.5 Å². The second-order valence-corrected chi connectivity index (χ2v) is 5.97. The van der Waals surface area contributed by atoms with Crippen LogP contribution in [0.15, 0.2) is 98.1 Å². The molecule has 0 aliphatic heterocycles. The van der Waals surface area contributed by atoms with E-state index >= 15 is 0 Å². The van der Waals surface area contributed by atoms with E-state index in [9.17, 15) is 0 Å². The van der Waals surface area contributed by atoms with Crippen LogP contribution in [0.3, 0.4) is 0 Å². The molecule has 0 fully saturated rings. The molecule has 4 aromatic carbocycles. The summed E-state index contributed by atoms with van der Waals surface area (Å²) in [6.45, 7) is 7.45. The third kappa shape index (κ3) is 5.00. The van der Waals surface area contributed by atoms with Crippen LogP contribution in [0.5, 0.6) is 0 Å². The van der Waals surface area contributed by atoms with Crippen molar-refractivity contribution in [1.82, 2.24) is 0 Å². The number of allylic oxidation sites excluding steroid dienone is 2. The fourth-order valence-corrected chi connectivity index (χ4v) is 3.00. The Kier molecular flexibility index (Phi) is 7.35. The molecular weight excluding hydrogens is 379 g/mol. The Morgan fingerprint density at radius 3 is 1.44 bits per heavy atom. The third-order valence-electron chi connectivity index (χ3n) is 4.12. The van der Waals surface area contributed by atoms with Gasteiger partial charge in [0.2, 0.25) is 0 Å². The minimum atomic E-state index is 0. The van der Waals surface area contributed by atoms with Crippen LogP contribution in [-0.2, 0) is 39.0 Å². The van der Waals surface area contributed by atoms with E-state index in [-0.39, 0.29) is 26.2 Å². The maximum Gasteiger partial charge on any atom is 2.00 e. The molecule has 0 spiro atoms. The summed E-state index contributed by atoms with van der Waals surface area (Å²) in [5.74, 6) is 0. The zero-order chi connectivity index (χ0) is 16.8. The summed E-state index contributed by atoms with van der Waals surface area (Å²) in [6, 6.07) is 25.7. The number of hydrogen-bond donors (Lipinski definition) is 0. The number of hydrogen-bond acceptors (Lipinski definition) is 0. The molecule has 0 radical (unpaired) electrons. The Balaban J connectivity index is 0.000000173. The predicted octanol–water partition coefficient (Wildman–Crippen LogP) is 6.57. The zero-order valence-electron chi connectivity index (χ0n) is 14.4. The van der Waals surface area contributed by atoms with Crippen molar-refractivity contribution in [2.24, 2.45) is 0 Å². The van der Waals surface area contributed by atoms with Gasteiger partial charge >= 0.3 is 26.2 Å². The van der Waals surface area contributed by atoms with Crippen molar-refractivity contribution < 1.29 is 26.2 Å². The average Bonchev–Trinajstić information content (AvgIpc) is 3.18. The first kappa shape index (κ1) is 19.3. The molecule has 0 saturated carbocycles. The molecule has 0 aliphatic rings. The van der Waals surface area contributed by atoms with Crippen molar-refractivity contribution in [3.05, 3.63) is 109 Å². The fraction of sp³-hybridized carbons (Fsp3) is 0.0833. The summed E-state index contributed by atoms with van der Waals surface area (Å²) < 4.78 is 0. The molecule has 0 aromatic heterocycles. The van der Waals surface area contributed by atoms with E-state index in [1.807, 2.05) is 12.2 Å². The first-order valence-corrected chi connectivity index (χ1v) is 8.30. The van der Waals surface area contributed by atoms with Gasteiger partial charge in [-0.2, -0.15) is 12.1 Å². The summed E-state index contributed by atoms with van der Waals surface area (Å²) in [7, 11) is 0. The monoisotopic (exact) mass is 400 g/mol. The van der Waals surface area contributed by atoms with Crippen molar-refractivity contribution in [2.75, 3.05) is 0 Å². The van der Waals surface area contributed by atoms with Crippen molar-refractivity contribution in [3.63, 3.8) is 0 Å². The maximum atomic E-state index is 3.73. The minimum Gasteiger partial charge on any atom is -0.165 e. The average molecular weight is 402 g/mol. The van der Waals surface area contributed by atoms with Crippen molar-refractivity contribution in [3.8, 4) is 0 Å². The molecule has 4 rings (SSSR count). The van der Waals surface area contributed by atoms with Crippen molar-refractivity contribution in [2.45, 2.75) is 12.8 Å². The van der Waals surface area contributed by atoms with Gasteiger partial charge in [-0.25, -0.2) is 0 Å². The molecule has 0 atom stereocenters. The molecule has 0 heterocycles. The van der Waals surface area contributed by atoms with Gasteiger partial charge < -0.3 is 0 Å². The van der Waals surface area contributed by atoms with Crippen LogP contribution in [0.2, 0.25) is 0 Å². The van der Waals surface area contributed by atoms with Crippen LogP contribution in [0, 0.1) is 0 Å². The molecule has 1 heteroatoms. The quantitative estimate of drug-likeness (QED) is 0.268. The van der Waals surface area contributed by atoms with E-state index in [4.69, 9.17) is 0 Å². The largest absolute Gasteiger partial charge is 2.00 e. The topological polar surface area (TPSA) is 0 Å². The first-order chi connectivity index (χ1) is 11.8. The summed E-state index contributed by atoms with van der Waals surface area (Å²) in [5.41, 5.74) is 2.71. The predicted molar refractivity (Wildman–Crippen MR) is 107 cm³/mol. The summed E-state index contributed by atoms with van der Waals surface area (Å²) in [6.07, 6.45) is 5.81. The maximum absolute atomic E-state index is 3.73. The Hall–Kier alpha value is -1.98. The second-order valence-electron chi connectivity index (χ2n) is 5.97. The Bertz CT molecular complexity index is 806. The minimum absolute atomic E-state index is 0. The van der Waals surface area contributed by atoms with Gasteiger partial charge in [0, 0.05) is 0 Å². The summed E-state index contributed by atoms with van der Waals surface area (Å²) >= 11 is 0. The zero-order valence-corrected chi connectivity index (χ0v) is 16.9. The molecule has 0 N–H and O–H groups in total. The van der Waals surface area contributed by atoms with Gasteiger partial charge in [-0.1, -0.05) is 24.3 Å². The second kappa shape index (κ2) is 9.49. The third-order valence-corrected chi connectivity index (χ3v) is 4.12. The van der Waals surface area contributed by atoms with E-state index in [1.165, 1.54) is 32.7 Å². The van der Waals surface area contributed by atoms with Gasteiger partial charge in [-0.15, -0.1) is 94.4 Å². The molecule has 0 aliphatic carbocycles. The van der Waals surface area contributed by atoms with Gasteiger partial charge in [0.1, 0.15) is 0 Å². The number of rotatable bonds is 4. The Labute approximate surface area is 169 Å². The van der Waals surface area contributed by atoms with Gasteiger partial charge in [0.05, 0.1) is 0 Å². The smallest absolute Gasteiger partial charge is 0.165 e. The summed E-state index contributed by atoms with van der Waals surface area (Å²) in [4.78, 5) is 0. The van der Waals surface area contributed by atoms with Crippen LogP contribution in [0.25, 0.3) is 21.5 Å². The van der Waals surface area contributed by atoms with E-state index in [0.717, 1.165) is 12.8 Å². The summed E-state index contributed by atoms with van der Waals surface area (Å²) in [5, 5.41) is 5.31. The van der Waals surface area contributed by atoms with E-state index in [0.29, 0.717) is 0 Å². The van der Waals surface area contributed by atoms with Gasteiger partial charge in [-0.3, -0.25) is 0 Å². The molecule has 25 heavy (non-hydrogen) atoms. The van der Waals surface area contributed by atoms with Crippen LogP contribution >= 0.6 is 0 Å². The van der Waals surface area contributed by atoms with Crippen LogP contribution in [-0.4, -0.2) is 0 Å². The molecule has 0 amide bonds. The normalized spacial score (nSPS) is 9.92. The van der Waals surface area contributed by atoms with Gasteiger partial charge in [0.15, 0.2) is 0 Å². The first-order valence-electron chi connectivity index (χ1n) is 8.30.